The second kappa shape index (κ2) is 8.73. The van der Waals surface area contributed by atoms with Crippen LogP contribution in [0, 0.1) is 0 Å². The van der Waals surface area contributed by atoms with Crippen molar-refractivity contribution in [2.24, 2.45) is 0 Å². The average Bonchev–Trinajstić information content (AvgIpc) is 2.50. The number of benzene rings is 1. The van der Waals surface area contributed by atoms with E-state index in [1.54, 1.807) is 38.3 Å². The van der Waals surface area contributed by atoms with Gasteiger partial charge in [-0.2, -0.15) is 0 Å². The van der Waals surface area contributed by atoms with Crippen LogP contribution >= 0.6 is 0 Å². The number of anilines is 1. The Kier molecular flexibility index (Phi) is 7.31. The van der Waals surface area contributed by atoms with E-state index < -0.39 is 16.1 Å². The van der Waals surface area contributed by atoms with E-state index in [1.165, 1.54) is 7.11 Å². The summed E-state index contributed by atoms with van der Waals surface area (Å²) in [6.07, 6.45) is 1.74. The van der Waals surface area contributed by atoms with Crippen molar-refractivity contribution in [2.75, 3.05) is 37.9 Å². The van der Waals surface area contributed by atoms with Gasteiger partial charge in [-0.25, -0.2) is 8.42 Å². The molecule has 0 aliphatic heterocycles. The monoisotopic (exact) mass is 344 g/mol. The van der Waals surface area contributed by atoms with Crippen molar-refractivity contribution in [3.05, 3.63) is 24.3 Å². The maximum absolute atomic E-state index is 12.2. The number of amides is 1. The third-order valence-electron chi connectivity index (χ3n) is 3.24. The lowest BCUT2D eigenvalue weighted by atomic mass is 10.2. The number of carbonyl (C=O) groups is 1. The van der Waals surface area contributed by atoms with E-state index >= 15 is 0 Å². The molecule has 0 bridgehead atoms. The van der Waals surface area contributed by atoms with Gasteiger partial charge in [0.25, 0.3) is 0 Å². The summed E-state index contributed by atoms with van der Waals surface area (Å²) >= 11 is 0. The number of carbonyl (C=O) groups excluding carboxylic acids is 1. The van der Waals surface area contributed by atoms with E-state index in [1.807, 2.05) is 0 Å². The Hall–Kier alpha value is -1.80. The molecule has 1 N–H and O–H groups in total. The number of nitrogens with zero attached hydrogens (tertiary/aromatic N) is 1. The number of rotatable bonds is 9. The molecule has 0 fully saturated rings. The Morgan fingerprint density at radius 1 is 1.26 bits per heavy atom. The lowest BCUT2D eigenvalue weighted by Gasteiger charge is -2.28. The summed E-state index contributed by atoms with van der Waals surface area (Å²) in [5, 5.41) is 2.71. The number of hydrogen-bond acceptors (Lipinski definition) is 5. The molecule has 1 amide bonds. The van der Waals surface area contributed by atoms with Crippen LogP contribution in [0.3, 0.4) is 0 Å². The van der Waals surface area contributed by atoms with Crippen LogP contribution in [0.1, 0.15) is 13.3 Å². The summed E-state index contributed by atoms with van der Waals surface area (Å²) in [5.74, 6) is 0.251. The van der Waals surface area contributed by atoms with E-state index in [0.717, 1.165) is 10.6 Å². The van der Waals surface area contributed by atoms with Gasteiger partial charge < -0.3 is 14.8 Å². The third-order valence-corrected chi connectivity index (χ3v) is 4.48. The number of ether oxygens (including phenoxy) is 2. The van der Waals surface area contributed by atoms with Crippen molar-refractivity contribution in [3.63, 3.8) is 0 Å². The molecule has 0 saturated heterocycles. The van der Waals surface area contributed by atoms with Crippen molar-refractivity contribution in [3.8, 4) is 5.75 Å². The van der Waals surface area contributed by atoms with Gasteiger partial charge in [0.1, 0.15) is 11.8 Å². The van der Waals surface area contributed by atoms with Gasteiger partial charge in [-0.3, -0.25) is 9.10 Å². The minimum Gasteiger partial charge on any atom is -0.497 e. The maximum atomic E-state index is 12.2. The molecule has 0 saturated carbocycles. The van der Waals surface area contributed by atoms with Crippen LogP contribution in [0.5, 0.6) is 5.75 Å². The summed E-state index contributed by atoms with van der Waals surface area (Å²) < 4.78 is 35.3. The van der Waals surface area contributed by atoms with Crippen LogP contribution < -0.4 is 14.4 Å². The molecule has 1 aromatic carbocycles. The molecule has 0 unspecified atom stereocenters. The molecule has 0 aliphatic rings. The highest BCUT2D eigenvalue weighted by Crippen LogP contribution is 2.23. The van der Waals surface area contributed by atoms with E-state index in [-0.39, 0.29) is 5.91 Å². The van der Waals surface area contributed by atoms with Crippen LogP contribution in [0.25, 0.3) is 0 Å². The van der Waals surface area contributed by atoms with Crippen molar-refractivity contribution < 1.29 is 22.7 Å². The second-order valence-electron chi connectivity index (χ2n) is 5.07. The minimum absolute atomic E-state index is 0.359. The highest BCUT2D eigenvalue weighted by atomic mass is 32.2. The zero-order valence-electron chi connectivity index (χ0n) is 13.9. The fraction of sp³-hybridized carbons (Fsp3) is 0.533. The third kappa shape index (κ3) is 5.72. The van der Waals surface area contributed by atoms with Gasteiger partial charge in [0.2, 0.25) is 15.9 Å². The van der Waals surface area contributed by atoms with Gasteiger partial charge in [-0.1, -0.05) is 0 Å². The minimum atomic E-state index is -3.61. The largest absolute Gasteiger partial charge is 0.497 e. The van der Waals surface area contributed by atoms with E-state index in [0.29, 0.717) is 31.0 Å². The highest BCUT2D eigenvalue weighted by molar-refractivity contribution is 7.92. The summed E-state index contributed by atoms with van der Waals surface area (Å²) in [7, 11) is -0.500. The molecule has 8 heteroatoms. The van der Waals surface area contributed by atoms with Gasteiger partial charge in [-0.05, 0) is 37.6 Å². The molecule has 0 spiro atoms. The van der Waals surface area contributed by atoms with Gasteiger partial charge in [0, 0.05) is 20.3 Å². The van der Waals surface area contributed by atoms with Crippen LogP contribution in [0.4, 0.5) is 5.69 Å². The molecule has 23 heavy (non-hydrogen) atoms. The average molecular weight is 344 g/mol. The first kappa shape index (κ1) is 19.2. The molecule has 1 aromatic rings. The van der Waals surface area contributed by atoms with Gasteiger partial charge >= 0.3 is 0 Å². The fourth-order valence-electron chi connectivity index (χ4n) is 2.11. The number of sulfonamides is 1. The topological polar surface area (TPSA) is 84.9 Å². The molecule has 0 heterocycles. The van der Waals surface area contributed by atoms with Crippen molar-refractivity contribution in [1.29, 1.82) is 0 Å². The van der Waals surface area contributed by atoms with Gasteiger partial charge in [-0.15, -0.1) is 0 Å². The van der Waals surface area contributed by atoms with Crippen LogP contribution in [-0.2, 0) is 19.6 Å². The Balaban J connectivity index is 2.91. The molecule has 130 valence electrons. The number of nitrogens with one attached hydrogen (secondary N) is 1. The fourth-order valence-corrected chi connectivity index (χ4v) is 3.29. The quantitative estimate of drug-likeness (QED) is 0.676. The predicted molar refractivity (Wildman–Crippen MR) is 89.3 cm³/mol. The lowest BCUT2D eigenvalue weighted by Crippen LogP contribution is -2.48. The Morgan fingerprint density at radius 3 is 2.35 bits per heavy atom. The zero-order chi connectivity index (χ0) is 17.5. The number of hydrogen-bond donors (Lipinski definition) is 1. The van der Waals surface area contributed by atoms with Crippen molar-refractivity contribution in [1.82, 2.24) is 5.32 Å². The molecule has 0 radical (unpaired) electrons. The standard InChI is InChI=1S/C15H24N2O5S/c1-12(15(18)16-10-5-11-21-2)17(23(4,19)20)13-6-8-14(22-3)9-7-13/h6-9,12H,5,10-11H2,1-4H3,(H,16,18)/t12-/m1/s1. The predicted octanol–water partition coefficient (Wildman–Crippen LogP) is 1.00. The van der Waals surface area contributed by atoms with Crippen LogP contribution in [0.2, 0.25) is 0 Å². The second-order valence-corrected chi connectivity index (χ2v) is 6.93. The van der Waals surface area contributed by atoms with Crippen molar-refractivity contribution >= 4 is 21.6 Å². The Morgan fingerprint density at radius 2 is 1.87 bits per heavy atom. The van der Waals surface area contributed by atoms with Crippen LogP contribution in [0.15, 0.2) is 24.3 Å². The van der Waals surface area contributed by atoms with Crippen molar-refractivity contribution in [2.45, 2.75) is 19.4 Å². The van der Waals surface area contributed by atoms with E-state index in [4.69, 9.17) is 9.47 Å². The molecular weight excluding hydrogens is 320 g/mol. The summed E-state index contributed by atoms with van der Waals surface area (Å²) in [6, 6.07) is 5.65. The first-order valence-corrected chi connectivity index (χ1v) is 9.06. The highest BCUT2D eigenvalue weighted by Gasteiger charge is 2.28. The molecule has 1 rings (SSSR count). The van der Waals surface area contributed by atoms with Gasteiger partial charge in [0.15, 0.2) is 0 Å². The zero-order valence-corrected chi connectivity index (χ0v) is 14.7. The molecule has 1 atom stereocenters. The normalized spacial score (nSPS) is 12.5. The Labute approximate surface area is 137 Å². The van der Waals surface area contributed by atoms with Gasteiger partial charge in [0.05, 0.1) is 19.1 Å². The van der Waals surface area contributed by atoms with Crippen LogP contribution in [-0.4, -0.2) is 54.0 Å². The van der Waals surface area contributed by atoms with E-state index in [2.05, 4.69) is 5.32 Å². The summed E-state index contributed by atoms with van der Waals surface area (Å²) in [6.45, 7) is 2.51. The summed E-state index contributed by atoms with van der Waals surface area (Å²) in [5.41, 5.74) is 0.410. The maximum Gasteiger partial charge on any atom is 0.243 e. The molecular formula is C15H24N2O5S. The Bertz CT molecular complexity index is 601. The lowest BCUT2D eigenvalue weighted by molar-refractivity contribution is -0.121. The molecule has 0 aromatic heterocycles. The first-order chi connectivity index (χ1) is 10.8. The summed E-state index contributed by atoms with van der Waals surface area (Å²) in [4.78, 5) is 12.2. The molecule has 7 nitrogen and oxygen atoms in total. The van der Waals surface area contributed by atoms with E-state index in [9.17, 15) is 13.2 Å². The number of methoxy groups -OCH3 is 2. The smallest absolute Gasteiger partial charge is 0.243 e. The first-order valence-electron chi connectivity index (χ1n) is 7.21. The molecule has 0 aliphatic carbocycles. The SMILES string of the molecule is COCCCNC(=O)[C@@H](C)N(c1ccc(OC)cc1)S(C)(=O)=O.